The molecule has 1 saturated carbocycles. The van der Waals surface area contributed by atoms with Gasteiger partial charge in [-0.2, -0.15) is 0 Å². The first-order chi connectivity index (χ1) is 10.9. The second kappa shape index (κ2) is 6.59. The highest BCUT2D eigenvalue weighted by Gasteiger charge is 2.37. The van der Waals surface area contributed by atoms with Crippen molar-refractivity contribution in [2.75, 3.05) is 0 Å². The predicted octanol–water partition coefficient (Wildman–Crippen LogP) is 0.871. The van der Waals surface area contributed by atoms with Crippen molar-refractivity contribution < 1.29 is 13.2 Å². The molecule has 23 heavy (non-hydrogen) atoms. The first-order valence-electron chi connectivity index (χ1n) is 8.09. The first kappa shape index (κ1) is 16.4. The lowest BCUT2D eigenvalue weighted by atomic mass is 9.85. The SMILES string of the molecule is NS(=O)(=O)c1cccc(CNC(=O)C2CC3CCCCC3N2)c1. The molecule has 6 nitrogen and oxygen atoms in total. The molecule has 4 N–H and O–H groups in total. The van der Waals surface area contributed by atoms with E-state index in [0.29, 0.717) is 18.5 Å². The minimum atomic E-state index is -3.72. The highest BCUT2D eigenvalue weighted by Crippen LogP contribution is 2.33. The van der Waals surface area contributed by atoms with E-state index in [1.54, 1.807) is 12.1 Å². The van der Waals surface area contributed by atoms with Crippen molar-refractivity contribution in [2.45, 2.75) is 55.6 Å². The van der Waals surface area contributed by atoms with Crippen LogP contribution in [0.1, 0.15) is 37.7 Å². The fourth-order valence-corrected chi connectivity index (χ4v) is 4.25. The van der Waals surface area contributed by atoms with E-state index in [-0.39, 0.29) is 16.8 Å². The number of primary sulfonamides is 1. The molecule has 1 saturated heterocycles. The summed E-state index contributed by atoms with van der Waals surface area (Å²) in [7, 11) is -3.72. The molecular weight excluding hydrogens is 314 g/mol. The van der Waals surface area contributed by atoms with Crippen molar-refractivity contribution in [3.63, 3.8) is 0 Å². The molecule has 1 aromatic rings. The molecule has 3 rings (SSSR count). The Morgan fingerprint density at radius 1 is 1.30 bits per heavy atom. The third kappa shape index (κ3) is 3.91. The Kier molecular flexibility index (Phi) is 4.70. The zero-order valence-electron chi connectivity index (χ0n) is 13.0. The number of nitrogens with one attached hydrogen (secondary N) is 2. The van der Waals surface area contributed by atoms with Gasteiger partial charge in [0, 0.05) is 12.6 Å². The molecule has 3 unspecified atom stereocenters. The minimum absolute atomic E-state index is 0.0135. The number of hydrogen-bond acceptors (Lipinski definition) is 4. The highest BCUT2D eigenvalue weighted by molar-refractivity contribution is 7.89. The molecular formula is C16H23N3O3S. The van der Waals surface area contributed by atoms with E-state index in [1.165, 1.54) is 31.4 Å². The van der Waals surface area contributed by atoms with E-state index in [2.05, 4.69) is 10.6 Å². The van der Waals surface area contributed by atoms with E-state index >= 15 is 0 Å². The maximum atomic E-state index is 12.3. The van der Waals surface area contributed by atoms with E-state index in [1.807, 2.05) is 0 Å². The quantitative estimate of drug-likeness (QED) is 0.759. The van der Waals surface area contributed by atoms with Crippen LogP contribution in [-0.2, 0) is 21.4 Å². The smallest absolute Gasteiger partial charge is 0.238 e. The molecule has 2 fully saturated rings. The molecule has 1 aliphatic carbocycles. The summed E-state index contributed by atoms with van der Waals surface area (Å²) < 4.78 is 22.7. The summed E-state index contributed by atoms with van der Waals surface area (Å²) in [6.45, 7) is 0.301. The Morgan fingerprint density at radius 3 is 2.83 bits per heavy atom. The summed E-state index contributed by atoms with van der Waals surface area (Å²) >= 11 is 0. The van der Waals surface area contributed by atoms with Gasteiger partial charge in [0.05, 0.1) is 10.9 Å². The Morgan fingerprint density at radius 2 is 2.09 bits per heavy atom. The van der Waals surface area contributed by atoms with Crippen molar-refractivity contribution in [2.24, 2.45) is 11.1 Å². The summed E-state index contributed by atoms with van der Waals surface area (Å²) in [6, 6.07) is 6.69. The van der Waals surface area contributed by atoms with Gasteiger partial charge >= 0.3 is 0 Å². The summed E-state index contributed by atoms with van der Waals surface area (Å²) in [5.41, 5.74) is 0.722. The number of fused-ring (bicyclic) bond motifs is 1. The Bertz CT molecular complexity index is 676. The average molecular weight is 337 g/mol. The molecule has 1 aliphatic heterocycles. The topological polar surface area (TPSA) is 101 Å². The monoisotopic (exact) mass is 337 g/mol. The molecule has 7 heteroatoms. The number of rotatable bonds is 4. The summed E-state index contributed by atoms with van der Waals surface area (Å²) in [6.07, 6.45) is 5.76. The number of benzene rings is 1. The number of nitrogens with two attached hydrogens (primary N) is 1. The van der Waals surface area contributed by atoms with Crippen molar-refractivity contribution in [3.05, 3.63) is 29.8 Å². The van der Waals surface area contributed by atoms with Crippen LogP contribution in [0.5, 0.6) is 0 Å². The summed E-state index contributed by atoms with van der Waals surface area (Å²) in [5, 5.41) is 11.5. The normalized spacial score (nSPS) is 27.4. The zero-order valence-corrected chi connectivity index (χ0v) is 13.8. The Labute approximate surface area is 136 Å². The molecule has 2 aliphatic rings. The van der Waals surface area contributed by atoms with Crippen molar-refractivity contribution in [3.8, 4) is 0 Å². The molecule has 0 aromatic heterocycles. The van der Waals surface area contributed by atoms with Gasteiger partial charge in [0.15, 0.2) is 0 Å². The summed E-state index contributed by atoms with van der Waals surface area (Å²) in [4.78, 5) is 12.4. The van der Waals surface area contributed by atoms with Crippen molar-refractivity contribution in [1.82, 2.24) is 10.6 Å². The van der Waals surface area contributed by atoms with Gasteiger partial charge in [-0.05, 0) is 42.9 Å². The van der Waals surface area contributed by atoms with E-state index in [0.717, 1.165) is 18.4 Å². The third-order valence-corrected chi connectivity index (χ3v) is 5.78. The Balaban J connectivity index is 1.57. The van der Waals surface area contributed by atoms with Crippen LogP contribution < -0.4 is 15.8 Å². The fraction of sp³-hybridized carbons (Fsp3) is 0.562. The third-order valence-electron chi connectivity index (χ3n) is 4.87. The van der Waals surface area contributed by atoms with Crippen LogP contribution in [0.25, 0.3) is 0 Å². The highest BCUT2D eigenvalue weighted by atomic mass is 32.2. The van der Waals surface area contributed by atoms with Crippen LogP contribution >= 0.6 is 0 Å². The number of carbonyl (C=O) groups is 1. The van der Waals surface area contributed by atoms with Gasteiger partial charge in [-0.3, -0.25) is 4.79 Å². The van der Waals surface area contributed by atoms with Crippen molar-refractivity contribution >= 4 is 15.9 Å². The van der Waals surface area contributed by atoms with Crippen molar-refractivity contribution in [1.29, 1.82) is 0 Å². The molecule has 0 spiro atoms. The van der Waals surface area contributed by atoms with Gasteiger partial charge in [-0.25, -0.2) is 13.6 Å². The Hall–Kier alpha value is -1.44. The molecule has 0 bridgehead atoms. The minimum Gasteiger partial charge on any atom is -0.351 e. The number of carbonyl (C=O) groups excluding carboxylic acids is 1. The van der Waals surface area contributed by atoms with Crippen LogP contribution in [0.4, 0.5) is 0 Å². The summed E-state index contributed by atoms with van der Waals surface area (Å²) in [5.74, 6) is 0.602. The van der Waals surface area contributed by atoms with Crippen LogP contribution in [0.2, 0.25) is 0 Å². The molecule has 126 valence electrons. The van der Waals surface area contributed by atoms with Crippen LogP contribution in [0, 0.1) is 5.92 Å². The maximum absolute atomic E-state index is 12.3. The second-order valence-corrected chi connectivity index (χ2v) is 8.08. The average Bonchev–Trinajstić information content (AvgIpc) is 2.96. The molecule has 1 aromatic carbocycles. The lowest BCUT2D eigenvalue weighted by Crippen LogP contribution is -2.42. The van der Waals surface area contributed by atoms with Gasteiger partial charge < -0.3 is 10.6 Å². The fourth-order valence-electron chi connectivity index (χ4n) is 3.67. The number of amides is 1. The van der Waals surface area contributed by atoms with Gasteiger partial charge in [0.2, 0.25) is 15.9 Å². The van der Waals surface area contributed by atoms with Gasteiger partial charge in [0.25, 0.3) is 0 Å². The molecule has 1 heterocycles. The van der Waals surface area contributed by atoms with Gasteiger partial charge in [-0.15, -0.1) is 0 Å². The number of sulfonamides is 1. The van der Waals surface area contributed by atoms with Crippen LogP contribution in [0.3, 0.4) is 0 Å². The van der Waals surface area contributed by atoms with Crippen LogP contribution in [-0.4, -0.2) is 26.4 Å². The van der Waals surface area contributed by atoms with E-state index in [9.17, 15) is 13.2 Å². The van der Waals surface area contributed by atoms with Crippen LogP contribution in [0.15, 0.2) is 29.2 Å². The zero-order chi connectivity index (χ0) is 16.4. The lowest BCUT2D eigenvalue weighted by Gasteiger charge is -2.24. The van der Waals surface area contributed by atoms with Gasteiger partial charge in [-0.1, -0.05) is 25.0 Å². The second-order valence-electron chi connectivity index (χ2n) is 6.52. The first-order valence-corrected chi connectivity index (χ1v) is 9.63. The maximum Gasteiger partial charge on any atom is 0.238 e. The number of hydrogen-bond donors (Lipinski definition) is 3. The standard InChI is InChI=1S/C16H23N3O3S/c17-23(21,22)13-6-3-4-11(8-13)10-18-16(20)15-9-12-5-1-2-7-14(12)19-15/h3-4,6,8,12,14-15,19H,1-2,5,7,9-10H2,(H,18,20)(H2,17,21,22). The van der Waals surface area contributed by atoms with E-state index < -0.39 is 10.0 Å². The molecule has 0 radical (unpaired) electrons. The molecule has 1 amide bonds. The van der Waals surface area contributed by atoms with Gasteiger partial charge in [0.1, 0.15) is 0 Å². The largest absolute Gasteiger partial charge is 0.351 e. The molecule has 3 atom stereocenters. The lowest BCUT2D eigenvalue weighted by molar-refractivity contribution is -0.123. The predicted molar refractivity (Wildman–Crippen MR) is 86.9 cm³/mol. The van der Waals surface area contributed by atoms with E-state index in [4.69, 9.17) is 5.14 Å².